The fourth-order valence-corrected chi connectivity index (χ4v) is 3.23. The van der Waals surface area contributed by atoms with Gasteiger partial charge in [0.2, 0.25) is 0 Å². The highest BCUT2D eigenvalue weighted by molar-refractivity contribution is 5.36. The minimum Gasteiger partial charge on any atom is -0.318 e. The van der Waals surface area contributed by atoms with Crippen LogP contribution < -0.4 is 5.32 Å². The van der Waals surface area contributed by atoms with Crippen molar-refractivity contribution in [3.8, 4) is 0 Å². The number of hydrogen-bond acceptors (Lipinski definition) is 4. The van der Waals surface area contributed by atoms with Gasteiger partial charge < -0.3 is 5.32 Å². The van der Waals surface area contributed by atoms with Gasteiger partial charge in [0, 0.05) is 30.8 Å². The summed E-state index contributed by atoms with van der Waals surface area (Å²) in [6.45, 7) is 4.21. The van der Waals surface area contributed by atoms with E-state index >= 15 is 0 Å². The molecule has 1 aromatic carbocycles. The number of nitrogens with zero attached hydrogens (tertiary/aromatic N) is 2. The van der Waals surface area contributed by atoms with Crippen LogP contribution >= 0.6 is 0 Å². The van der Waals surface area contributed by atoms with Crippen molar-refractivity contribution < 1.29 is 4.92 Å². The Morgan fingerprint density at radius 1 is 1.55 bits per heavy atom. The third kappa shape index (κ3) is 3.16. The van der Waals surface area contributed by atoms with Crippen molar-refractivity contribution in [3.05, 3.63) is 39.9 Å². The number of likely N-dealkylation sites (N-methyl/N-ethyl adjacent to an activating group) is 1. The Morgan fingerprint density at radius 2 is 2.35 bits per heavy atom. The summed E-state index contributed by atoms with van der Waals surface area (Å²) in [6.07, 6.45) is 3.38. The molecule has 2 atom stereocenters. The second-order valence-electron chi connectivity index (χ2n) is 5.37. The topological polar surface area (TPSA) is 58.4 Å². The Labute approximate surface area is 120 Å². The fraction of sp³-hybridized carbons (Fsp3) is 0.600. The van der Waals surface area contributed by atoms with Gasteiger partial charge in [0.1, 0.15) is 0 Å². The highest BCUT2D eigenvalue weighted by Gasteiger charge is 2.30. The van der Waals surface area contributed by atoms with E-state index < -0.39 is 0 Å². The number of nitro groups is 1. The van der Waals surface area contributed by atoms with E-state index in [2.05, 4.69) is 17.1 Å². The van der Waals surface area contributed by atoms with E-state index in [1.54, 1.807) is 18.2 Å². The molecule has 1 saturated heterocycles. The first kappa shape index (κ1) is 14.9. The molecule has 0 radical (unpaired) electrons. The van der Waals surface area contributed by atoms with Gasteiger partial charge in [-0.25, -0.2) is 0 Å². The third-order valence-electron chi connectivity index (χ3n) is 4.12. The lowest BCUT2D eigenvalue weighted by Crippen LogP contribution is -2.39. The van der Waals surface area contributed by atoms with E-state index in [0.717, 1.165) is 25.1 Å². The molecule has 1 fully saturated rings. The predicted molar refractivity (Wildman–Crippen MR) is 79.8 cm³/mol. The van der Waals surface area contributed by atoms with Gasteiger partial charge in [0.15, 0.2) is 0 Å². The quantitative estimate of drug-likeness (QED) is 0.641. The van der Waals surface area contributed by atoms with Gasteiger partial charge in [-0.15, -0.1) is 0 Å². The molecule has 1 N–H and O–H groups in total. The molecule has 1 aliphatic rings. The minimum absolute atomic E-state index is 0.185. The molecule has 0 saturated carbocycles. The molecule has 0 bridgehead atoms. The van der Waals surface area contributed by atoms with Crippen LogP contribution in [0, 0.1) is 10.1 Å². The van der Waals surface area contributed by atoms with Crippen LogP contribution in [0.1, 0.15) is 37.8 Å². The summed E-state index contributed by atoms with van der Waals surface area (Å²) in [5.41, 5.74) is 1.25. The van der Waals surface area contributed by atoms with Gasteiger partial charge >= 0.3 is 0 Å². The van der Waals surface area contributed by atoms with Crippen molar-refractivity contribution in [2.24, 2.45) is 0 Å². The van der Waals surface area contributed by atoms with Crippen LogP contribution in [0.15, 0.2) is 24.3 Å². The third-order valence-corrected chi connectivity index (χ3v) is 4.12. The molecule has 1 aliphatic heterocycles. The average Bonchev–Trinajstić information content (AvgIpc) is 2.89. The summed E-state index contributed by atoms with van der Waals surface area (Å²) in [4.78, 5) is 13.1. The largest absolute Gasteiger partial charge is 0.318 e. The molecule has 2 unspecified atom stereocenters. The first-order chi connectivity index (χ1) is 9.67. The van der Waals surface area contributed by atoms with Crippen molar-refractivity contribution in [2.75, 3.05) is 20.1 Å². The van der Waals surface area contributed by atoms with Gasteiger partial charge in [-0.2, -0.15) is 0 Å². The maximum Gasteiger partial charge on any atom is 0.269 e. The zero-order valence-corrected chi connectivity index (χ0v) is 12.2. The van der Waals surface area contributed by atoms with Crippen LogP contribution in [0.3, 0.4) is 0 Å². The Kier molecular flexibility index (Phi) is 5.09. The molecule has 110 valence electrons. The lowest BCUT2D eigenvalue weighted by atomic mass is 10.0. The molecule has 1 aromatic rings. The van der Waals surface area contributed by atoms with Crippen molar-refractivity contribution >= 4 is 5.69 Å². The van der Waals surface area contributed by atoms with Crippen molar-refractivity contribution in [1.82, 2.24) is 10.2 Å². The Hall–Kier alpha value is -1.46. The molecule has 2 rings (SSSR count). The van der Waals surface area contributed by atoms with Gasteiger partial charge in [0.25, 0.3) is 5.69 Å². The van der Waals surface area contributed by atoms with Crippen LogP contribution in [-0.4, -0.2) is 36.0 Å². The van der Waals surface area contributed by atoms with E-state index in [1.807, 2.05) is 13.1 Å². The molecule has 0 spiro atoms. The molecule has 5 nitrogen and oxygen atoms in total. The Balaban J connectivity index is 2.23. The zero-order chi connectivity index (χ0) is 14.5. The SMILES string of the molecule is CCC(c1cccc([N+](=O)[O-])c1)N1CCCC1CNC. The van der Waals surface area contributed by atoms with E-state index in [4.69, 9.17) is 0 Å². The number of benzene rings is 1. The van der Waals surface area contributed by atoms with Gasteiger partial charge in [-0.3, -0.25) is 15.0 Å². The van der Waals surface area contributed by atoms with Crippen LogP contribution in [0.2, 0.25) is 0 Å². The van der Waals surface area contributed by atoms with Gasteiger partial charge in [-0.05, 0) is 38.4 Å². The van der Waals surface area contributed by atoms with E-state index in [9.17, 15) is 10.1 Å². The maximum atomic E-state index is 10.9. The van der Waals surface area contributed by atoms with Crippen LogP contribution in [0.5, 0.6) is 0 Å². The number of likely N-dealkylation sites (tertiary alicyclic amines) is 1. The monoisotopic (exact) mass is 277 g/mol. The summed E-state index contributed by atoms with van der Waals surface area (Å²) >= 11 is 0. The van der Waals surface area contributed by atoms with E-state index in [-0.39, 0.29) is 16.7 Å². The normalized spacial score (nSPS) is 21.0. The lowest BCUT2D eigenvalue weighted by Gasteiger charge is -2.32. The van der Waals surface area contributed by atoms with Gasteiger partial charge in [-0.1, -0.05) is 19.1 Å². The molecular weight excluding hydrogens is 254 g/mol. The summed E-state index contributed by atoms with van der Waals surface area (Å²) < 4.78 is 0. The standard InChI is InChI=1S/C15H23N3O2/c1-3-15(17-9-5-8-14(17)11-16-2)12-6-4-7-13(10-12)18(19)20/h4,6-7,10,14-16H,3,5,8-9,11H2,1-2H3. The summed E-state index contributed by atoms with van der Waals surface area (Å²) in [5, 5.41) is 14.2. The number of hydrogen-bond donors (Lipinski definition) is 1. The number of rotatable bonds is 6. The van der Waals surface area contributed by atoms with Crippen LogP contribution in [0.25, 0.3) is 0 Å². The molecule has 0 amide bonds. The highest BCUT2D eigenvalue weighted by Crippen LogP contribution is 2.32. The maximum absolute atomic E-state index is 10.9. The van der Waals surface area contributed by atoms with Gasteiger partial charge in [0.05, 0.1) is 4.92 Å². The number of nitrogens with one attached hydrogen (secondary N) is 1. The second-order valence-corrected chi connectivity index (χ2v) is 5.37. The highest BCUT2D eigenvalue weighted by atomic mass is 16.6. The molecule has 0 aliphatic carbocycles. The van der Waals surface area contributed by atoms with Crippen molar-refractivity contribution in [2.45, 2.75) is 38.3 Å². The number of non-ortho nitro benzene ring substituents is 1. The van der Waals surface area contributed by atoms with Crippen LogP contribution in [-0.2, 0) is 0 Å². The molecule has 5 heteroatoms. The summed E-state index contributed by atoms with van der Waals surface area (Å²) in [5.74, 6) is 0. The van der Waals surface area contributed by atoms with Crippen molar-refractivity contribution in [3.63, 3.8) is 0 Å². The van der Waals surface area contributed by atoms with E-state index in [1.165, 1.54) is 12.8 Å². The summed E-state index contributed by atoms with van der Waals surface area (Å²) in [7, 11) is 1.98. The minimum atomic E-state index is -0.314. The molecule has 20 heavy (non-hydrogen) atoms. The van der Waals surface area contributed by atoms with Crippen molar-refractivity contribution in [1.29, 1.82) is 0 Å². The average molecular weight is 277 g/mol. The number of nitro benzene ring substituents is 1. The molecule has 0 aromatic heterocycles. The molecule has 1 heterocycles. The summed E-state index contributed by atoms with van der Waals surface area (Å²) in [6, 6.07) is 7.89. The lowest BCUT2D eigenvalue weighted by molar-refractivity contribution is -0.385. The molecular formula is C15H23N3O2. The first-order valence-electron chi connectivity index (χ1n) is 7.32. The Bertz CT molecular complexity index is 464. The Morgan fingerprint density at radius 3 is 3.00 bits per heavy atom. The van der Waals surface area contributed by atoms with Crippen LogP contribution in [0.4, 0.5) is 5.69 Å². The van der Waals surface area contributed by atoms with E-state index in [0.29, 0.717) is 6.04 Å². The second kappa shape index (κ2) is 6.81. The zero-order valence-electron chi connectivity index (χ0n) is 12.2. The predicted octanol–water partition coefficient (Wildman–Crippen LogP) is 2.73. The first-order valence-corrected chi connectivity index (χ1v) is 7.32. The fourth-order valence-electron chi connectivity index (χ4n) is 3.23. The smallest absolute Gasteiger partial charge is 0.269 e.